The van der Waals surface area contributed by atoms with Crippen LogP contribution in [0.25, 0.3) is 0 Å². The molecular weight excluding hydrogens is 228 g/mol. The molecule has 0 bridgehead atoms. The average Bonchev–Trinajstić information content (AvgIpc) is 2.38. The Morgan fingerprint density at radius 2 is 2.06 bits per heavy atom. The number of rotatable bonds is 5. The van der Waals surface area contributed by atoms with Gasteiger partial charge in [0.1, 0.15) is 5.41 Å². The summed E-state index contributed by atoms with van der Waals surface area (Å²) in [7, 11) is 0. The summed E-state index contributed by atoms with van der Waals surface area (Å²) in [6.45, 7) is 7.80. The largest absolute Gasteiger partial charge is 0.377 e. The van der Waals surface area contributed by atoms with Crippen molar-refractivity contribution >= 4 is 5.91 Å². The number of nitrogens with zero attached hydrogens (tertiary/aromatic N) is 2. The molecule has 0 aromatic heterocycles. The molecule has 0 N–H and O–H groups in total. The molecule has 0 aromatic rings. The van der Waals surface area contributed by atoms with Crippen LogP contribution in [0.4, 0.5) is 0 Å². The Morgan fingerprint density at radius 1 is 1.44 bits per heavy atom. The van der Waals surface area contributed by atoms with E-state index in [4.69, 9.17) is 4.74 Å². The first-order valence-electron chi connectivity index (χ1n) is 6.91. The number of hydrogen-bond donors (Lipinski definition) is 0. The number of ether oxygens (including phenoxy) is 1. The fraction of sp³-hybridized carbons (Fsp3) is 0.857. The highest BCUT2D eigenvalue weighted by atomic mass is 16.5. The van der Waals surface area contributed by atoms with E-state index in [1.807, 2.05) is 25.7 Å². The summed E-state index contributed by atoms with van der Waals surface area (Å²) >= 11 is 0. The normalized spacial score (nSPS) is 20.6. The number of nitriles is 1. The van der Waals surface area contributed by atoms with E-state index in [1.54, 1.807) is 0 Å². The van der Waals surface area contributed by atoms with Crippen molar-refractivity contribution in [1.29, 1.82) is 5.26 Å². The van der Waals surface area contributed by atoms with Gasteiger partial charge in [0, 0.05) is 6.54 Å². The van der Waals surface area contributed by atoms with Crippen LogP contribution in [0.2, 0.25) is 0 Å². The van der Waals surface area contributed by atoms with E-state index in [0.29, 0.717) is 32.6 Å². The number of amides is 1. The molecule has 4 nitrogen and oxygen atoms in total. The minimum Gasteiger partial charge on any atom is -0.377 e. The number of carbonyl (C=O) groups is 1. The molecule has 1 aliphatic rings. The van der Waals surface area contributed by atoms with E-state index in [-0.39, 0.29) is 11.9 Å². The smallest absolute Gasteiger partial charge is 0.243 e. The van der Waals surface area contributed by atoms with E-state index >= 15 is 0 Å². The van der Waals surface area contributed by atoms with Crippen LogP contribution in [0.15, 0.2) is 0 Å². The van der Waals surface area contributed by atoms with Crippen molar-refractivity contribution in [2.75, 3.05) is 19.8 Å². The standard InChI is InChI=1S/C14H24N2O2/c1-4-6-14(11-15,7-5-2)13(17)16-8-9-18-10-12(16)3/h12H,4-10H2,1-3H3/t12-/m1/s1. The molecule has 0 radical (unpaired) electrons. The topological polar surface area (TPSA) is 53.3 Å². The van der Waals surface area contributed by atoms with Gasteiger partial charge in [0.05, 0.1) is 25.3 Å². The highest BCUT2D eigenvalue weighted by Crippen LogP contribution is 2.32. The van der Waals surface area contributed by atoms with Crippen molar-refractivity contribution in [1.82, 2.24) is 4.90 Å². The molecule has 0 spiro atoms. The van der Waals surface area contributed by atoms with Crippen molar-refractivity contribution in [2.24, 2.45) is 5.41 Å². The fourth-order valence-electron chi connectivity index (χ4n) is 2.66. The van der Waals surface area contributed by atoms with Crippen LogP contribution in [-0.4, -0.2) is 36.6 Å². The first-order valence-corrected chi connectivity index (χ1v) is 6.91. The summed E-state index contributed by atoms with van der Waals surface area (Å²) in [6.07, 6.45) is 3.02. The highest BCUT2D eigenvalue weighted by molar-refractivity contribution is 5.85. The average molecular weight is 252 g/mol. The van der Waals surface area contributed by atoms with Gasteiger partial charge in [0.25, 0.3) is 0 Å². The zero-order valence-electron chi connectivity index (χ0n) is 11.7. The van der Waals surface area contributed by atoms with E-state index in [2.05, 4.69) is 6.07 Å². The third-order valence-corrected chi connectivity index (χ3v) is 3.61. The molecule has 0 aromatic carbocycles. The molecule has 4 heteroatoms. The van der Waals surface area contributed by atoms with Crippen molar-refractivity contribution in [2.45, 2.75) is 52.5 Å². The Hall–Kier alpha value is -1.08. The van der Waals surface area contributed by atoms with Gasteiger partial charge >= 0.3 is 0 Å². The minimum atomic E-state index is -0.824. The number of hydrogen-bond acceptors (Lipinski definition) is 3. The van der Waals surface area contributed by atoms with Crippen LogP contribution in [0, 0.1) is 16.7 Å². The molecule has 1 saturated heterocycles. The monoisotopic (exact) mass is 252 g/mol. The first-order chi connectivity index (χ1) is 8.61. The molecule has 0 saturated carbocycles. The molecule has 1 heterocycles. The van der Waals surface area contributed by atoms with Gasteiger partial charge in [-0.2, -0.15) is 5.26 Å². The minimum absolute atomic E-state index is 0.00417. The van der Waals surface area contributed by atoms with Crippen molar-refractivity contribution in [3.8, 4) is 6.07 Å². The second-order valence-corrected chi connectivity index (χ2v) is 5.12. The van der Waals surface area contributed by atoms with Gasteiger partial charge in [0.2, 0.25) is 5.91 Å². The van der Waals surface area contributed by atoms with Gasteiger partial charge < -0.3 is 9.64 Å². The maximum absolute atomic E-state index is 12.7. The molecule has 1 aliphatic heterocycles. The molecule has 102 valence electrons. The third kappa shape index (κ3) is 3.02. The lowest BCUT2D eigenvalue weighted by atomic mass is 9.79. The number of carbonyl (C=O) groups excluding carboxylic acids is 1. The Kier molecular flexibility index (Phi) is 5.61. The van der Waals surface area contributed by atoms with Crippen molar-refractivity contribution in [3.05, 3.63) is 0 Å². The van der Waals surface area contributed by atoms with E-state index in [1.165, 1.54) is 0 Å². The van der Waals surface area contributed by atoms with Gasteiger partial charge in [-0.1, -0.05) is 26.7 Å². The van der Waals surface area contributed by atoms with Gasteiger partial charge in [-0.3, -0.25) is 4.79 Å². The summed E-state index contributed by atoms with van der Waals surface area (Å²) in [4.78, 5) is 14.5. The van der Waals surface area contributed by atoms with Gasteiger partial charge in [-0.05, 0) is 19.8 Å². The van der Waals surface area contributed by atoms with Crippen molar-refractivity contribution < 1.29 is 9.53 Å². The molecule has 0 unspecified atom stereocenters. The summed E-state index contributed by atoms with van der Waals surface area (Å²) in [5.74, 6) is 0.00417. The van der Waals surface area contributed by atoms with E-state index in [0.717, 1.165) is 12.8 Å². The maximum atomic E-state index is 12.7. The summed E-state index contributed by atoms with van der Waals surface area (Å²) < 4.78 is 5.35. The van der Waals surface area contributed by atoms with Crippen molar-refractivity contribution in [3.63, 3.8) is 0 Å². The molecule has 1 amide bonds. The van der Waals surface area contributed by atoms with Gasteiger partial charge in [-0.25, -0.2) is 0 Å². The molecule has 0 aliphatic carbocycles. The van der Waals surface area contributed by atoms with E-state index < -0.39 is 5.41 Å². The van der Waals surface area contributed by atoms with Crippen LogP contribution >= 0.6 is 0 Å². The lowest BCUT2D eigenvalue weighted by Gasteiger charge is -2.38. The Bertz CT molecular complexity index is 316. The Balaban J connectivity index is 2.90. The van der Waals surface area contributed by atoms with Gasteiger partial charge in [0.15, 0.2) is 0 Å². The Morgan fingerprint density at radius 3 is 2.50 bits per heavy atom. The predicted octanol–water partition coefficient (Wildman–Crippen LogP) is 2.34. The first kappa shape index (κ1) is 15.0. The highest BCUT2D eigenvalue weighted by Gasteiger charge is 2.41. The zero-order chi connectivity index (χ0) is 13.6. The zero-order valence-corrected chi connectivity index (χ0v) is 11.7. The van der Waals surface area contributed by atoms with Gasteiger partial charge in [-0.15, -0.1) is 0 Å². The molecule has 1 rings (SSSR count). The van der Waals surface area contributed by atoms with Crippen LogP contribution in [-0.2, 0) is 9.53 Å². The van der Waals surface area contributed by atoms with E-state index in [9.17, 15) is 10.1 Å². The SMILES string of the molecule is CCCC(C#N)(CCC)C(=O)N1CCOC[C@H]1C. The summed E-state index contributed by atoms with van der Waals surface area (Å²) in [5.41, 5.74) is -0.824. The van der Waals surface area contributed by atoms with Crippen LogP contribution < -0.4 is 0 Å². The second kappa shape index (κ2) is 6.75. The summed E-state index contributed by atoms with van der Waals surface area (Å²) in [6, 6.07) is 2.38. The lowest BCUT2D eigenvalue weighted by molar-refractivity contribution is -0.148. The molecule has 1 atom stereocenters. The van der Waals surface area contributed by atoms with Crippen LogP contribution in [0.1, 0.15) is 46.5 Å². The Labute approximate surface area is 110 Å². The molecular formula is C14H24N2O2. The lowest BCUT2D eigenvalue weighted by Crippen LogP contribution is -2.52. The number of morpholine rings is 1. The van der Waals surface area contributed by atoms with Crippen LogP contribution in [0.3, 0.4) is 0 Å². The molecule has 18 heavy (non-hydrogen) atoms. The van der Waals surface area contributed by atoms with Crippen LogP contribution in [0.5, 0.6) is 0 Å². The fourth-order valence-corrected chi connectivity index (χ4v) is 2.66. The summed E-state index contributed by atoms with van der Waals surface area (Å²) in [5, 5.41) is 9.50. The quantitative estimate of drug-likeness (QED) is 0.754. The predicted molar refractivity (Wildman–Crippen MR) is 69.9 cm³/mol. The maximum Gasteiger partial charge on any atom is 0.243 e. The third-order valence-electron chi connectivity index (χ3n) is 3.61. The molecule has 1 fully saturated rings. The second-order valence-electron chi connectivity index (χ2n) is 5.12.